The molecule has 0 spiro atoms. The van der Waals surface area contributed by atoms with Crippen molar-refractivity contribution in [2.45, 2.75) is 0 Å². The molecule has 0 unspecified atom stereocenters. The van der Waals surface area contributed by atoms with Gasteiger partial charge >= 0.3 is 0 Å². The Bertz CT molecular complexity index is 7220. The molecule has 0 amide bonds. The highest BCUT2D eigenvalue weighted by atomic mass is 15.1. The Balaban J connectivity index is 0.000000145. The molecular formula is C103H67N9. The Hall–Kier alpha value is -15.2. The van der Waals surface area contributed by atoms with Gasteiger partial charge in [0.25, 0.3) is 0 Å². The van der Waals surface area contributed by atoms with E-state index in [0.29, 0.717) is 23.3 Å². The third kappa shape index (κ3) is 11.5. The fourth-order valence-corrected chi connectivity index (χ4v) is 16.4. The second-order valence-electron chi connectivity index (χ2n) is 28.3. The average molecular weight is 1430 g/mol. The zero-order valence-corrected chi connectivity index (χ0v) is 60.7. The van der Waals surface area contributed by atoms with Gasteiger partial charge in [0.2, 0.25) is 0 Å². The van der Waals surface area contributed by atoms with Gasteiger partial charge in [-0.1, -0.05) is 303 Å². The lowest BCUT2D eigenvalue weighted by atomic mass is 9.99. The lowest BCUT2D eigenvalue weighted by molar-refractivity contribution is 1.07. The number of para-hydroxylation sites is 6. The second kappa shape index (κ2) is 27.5. The van der Waals surface area contributed by atoms with E-state index in [4.69, 9.17) is 24.9 Å². The highest BCUT2D eigenvalue weighted by Crippen LogP contribution is 2.44. The molecule has 0 radical (unpaired) electrons. The molecule has 9 nitrogen and oxygen atoms in total. The topological polar surface area (TPSA) is 84.2 Å². The van der Waals surface area contributed by atoms with E-state index in [2.05, 4.69) is 352 Å². The van der Waals surface area contributed by atoms with E-state index in [1.165, 1.54) is 92.8 Å². The molecule has 0 atom stereocenters. The Kier molecular flexibility index (Phi) is 16.0. The van der Waals surface area contributed by atoms with Gasteiger partial charge in [-0.25, -0.2) is 24.9 Å². The van der Waals surface area contributed by atoms with Gasteiger partial charge < -0.3 is 18.3 Å². The van der Waals surface area contributed by atoms with E-state index < -0.39 is 0 Å². The maximum absolute atomic E-state index is 5.12. The molecule has 6 heterocycles. The lowest BCUT2D eigenvalue weighted by Gasteiger charge is -2.13. The standard InChI is InChI=1S/C57H37N5.C46H30N4/c1-4-14-38(15-5-1)39-24-26-40(27-25-39)41-28-30-43(31-29-41)56-58-55(42-16-6-2-7-17-42)59-57(60-56)44-32-34-46(35-33-44)62-52-23-13-11-21-48(52)50-37-36-49-47-20-10-12-22-51(47)61(53(49)54(50)62)45-18-8-3-9-19-45;1-4-14-31(15-5-1)40-30-41(48-46(47-40)33-16-6-2-7-17-33)32-24-26-35(27-25-32)50-43-23-13-11-21-37(43)39-28-44-38(29-45(39)50)36-20-10-12-22-42(36)49(44)34-18-8-3-9-19-34/h1-37H;1-30H. The SMILES string of the molecule is c1ccc(-c2cc(-c3ccc(-n4c5ccccc5c5cc6c(cc54)c4ccccc4n6-c4ccccc4)cc3)nc(-c3ccccc3)n2)cc1.c1ccc(-c2ccc(-c3ccc(-c4nc(-c5ccccc5)nc(-c5ccc(-n6c7ccccc7c7ccc8c9ccccc9n(-c9ccccc9)c8c76)cc5)n4)cc3)cc2)cc1. The van der Waals surface area contributed by atoms with E-state index >= 15 is 0 Å². The van der Waals surface area contributed by atoms with Gasteiger partial charge in [0, 0.05) is 99.2 Å². The molecule has 16 aromatic carbocycles. The largest absolute Gasteiger partial charge is 0.309 e. The van der Waals surface area contributed by atoms with E-state index in [-0.39, 0.29) is 0 Å². The highest BCUT2D eigenvalue weighted by Gasteiger charge is 2.24. The second-order valence-corrected chi connectivity index (χ2v) is 28.3. The van der Waals surface area contributed by atoms with Crippen LogP contribution in [0.3, 0.4) is 0 Å². The average Bonchev–Trinajstić information content (AvgIpc) is 1.55. The molecule has 0 fully saturated rings. The number of rotatable bonds is 12. The van der Waals surface area contributed by atoms with Gasteiger partial charge in [-0.2, -0.15) is 0 Å². The monoisotopic (exact) mass is 1430 g/mol. The fraction of sp³-hybridized carbons (Fsp3) is 0. The van der Waals surface area contributed by atoms with Crippen molar-refractivity contribution in [3.8, 4) is 113 Å². The molecule has 0 aliphatic carbocycles. The lowest BCUT2D eigenvalue weighted by Crippen LogP contribution is -2.01. The van der Waals surface area contributed by atoms with E-state index in [0.717, 1.165) is 84.2 Å². The summed E-state index contributed by atoms with van der Waals surface area (Å²) in [6.07, 6.45) is 0. The first-order valence-corrected chi connectivity index (χ1v) is 37.9. The van der Waals surface area contributed by atoms with Gasteiger partial charge in [-0.3, -0.25) is 0 Å². The van der Waals surface area contributed by atoms with Gasteiger partial charge in [0.15, 0.2) is 23.3 Å². The molecule has 0 aliphatic rings. The van der Waals surface area contributed by atoms with Crippen LogP contribution in [-0.2, 0) is 0 Å². The Labute approximate surface area is 645 Å². The molecule has 0 saturated carbocycles. The summed E-state index contributed by atoms with van der Waals surface area (Å²) in [5.41, 5.74) is 26.3. The van der Waals surface area contributed by atoms with Crippen LogP contribution in [0.1, 0.15) is 0 Å². The predicted octanol–water partition coefficient (Wildman–Crippen LogP) is 26.1. The summed E-state index contributed by atoms with van der Waals surface area (Å²) in [5, 5.41) is 9.81. The molecule has 22 rings (SSSR count). The van der Waals surface area contributed by atoms with Crippen molar-refractivity contribution >= 4 is 87.2 Å². The third-order valence-electron chi connectivity index (χ3n) is 21.7. The molecular weight excluding hydrogens is 1360 g/mol. The first-order valence-electron chi connectivity index (χ1n) is 37.9. The molecule has 0 bridgehead atoms. The summed E-state index contributed by atoms with van der Waals surface area (Å²) in [6.45, 7) is 0. The van der Waals surface area contributed by atoms with Gasteiger partial charge in [-0.15, -0.1) is 0 Å². The normalized spacial score (nSPS) is 11.6. The van der Waals surface area contributed by atoms with Gasteiger partial charge in [-0.05, 0) is 125 Å². The van der Waals surface area contributed by atoms with E-state index in [1.807, 2.05) is 72.8 Å². The predicted molar refractivity (Wildman–Crippen MR) is 463 cm³/mol. The van der Waals surface area contributed by atoms with Crippen LogP contribution in [0.5, 0.6) is 0 Å². The maximum atomic E-state index is 5.12. The minimum Gasteiger partial charge on any atom is -0.309 e. The van der Waals surface area contributed by atoms with Crippen LogP contribution in [0.25, 0.3) is 200 Å². The molecule has 0 N–H and O–H groups in total. The molecule has 9 heteroatoms. The van der Waals surface area contributed by atoms with Crippen molar-refractivity contribution in [1.29, 1.82) is 0 Å². The number of hydrogen-bond donors (Lipinski definition) is 0. The number of fused-ring (bicyclic) bond motifs is 13. The number of benzene rings is 16. The van der Waals surface area contributed by atoms with Crippen LogP contribution >= 0.6 is 0 Å². The third-order valence-corrected chi connectivity index (χ3v) is 21.7. The van der Waals surface area contributed by atoms with Crippen LogP contribution in [0.4, 0.5) is 0 Å². The zero-order chi connectivity index (χ0) is 74.0. The summed E-state index contributed by atoms with van der Waals surface area (Å²) in [7, 11) is 0. The van der Waals surface area contributed by atoms with Crippen LogP contribution in [0.15, 0.2) is 406 Å². The van der Waals surface area contributed by atoms with Crippen LogP contribution in [0.2, 0.25) is 0 Å². The summed E-state index contributed by atoms with van der Waals surface area (Å²) in [6, 6.07) is 143. The molecule has 524 valence electrons. The van der Waals surface area contributed by atoms with Gasteiger partial charge in [0.1, 0.15) is 0 Å². The maximum Gasteiger partial charge on any atom is 0.164 e. The fourth-order valence-electron chi connectivity index (χ4n) is 16.4. The first-order chi connectivity index (χ1) is 55.5. The van der Waals surface area contributed by atoms with Crippen molar-refractivity contribution < 1.29 is 0 Å². The van der Waals surface area contributed by atoms with Crippen molar-refractivity contribution in [3.63, 3.8) is 0 Å². The Morgan fingerprint density at radius 3 is 0.777 bits per heavy atom. The van der Waals surface area contributed by atoms with Crippen molar-refractivity contribution in [1.82, 2.24) is 43.2 Å². The molecule has 112 heavy (non-hydrogen) atoms. The molecule has 22 aromatic rings. The molecule has 0 aliphatic heterocycles. The Morgan fingerprint density at radius 1 is 0.143 bits per heavy atom. The van der Waals surface area contributed by atoms with Crippen molar-refractivity contribution in [3.05, 3.63) is 406 Å². The smallest absolute Gasteiger partial charge is 0.164 e. The molecule has 6 aromatic heterocycles. The van der Waals surface area contributed by atoms with E-state index in [9.17, 15) is 0 Å². The van der Waals surface area contributed by atoms with Crippen molar-refractivity contribution in [2.24, 2.45) is 0 Å². The summed E-state index contributed by atoms with van der Waals surface area (Å²) < 4.78 is 9.62. The minimum atomic E-state index is 0.620. The van der Waals surface area contributed by atoms with Crippen LogP contribution < -0.4 is 0 Å². The zero-order valence-electron chi connectivity index (χ0n) is 60.7. The first kappa shape index (κ1) is 65.1. The quantitative estimate of drug-likeness (QED) is 0.122. The highest BCUT2D eigenvalue weighted by molar-refractivity contribution is 6.24. The number of nitrogens with zero attached hydrogens (tertiary/aromatic N) is 9. The van der Waals surface area contributed by atoms with Crippen LogP contribution in [-0.4, -0.2) is 43.2 Å². The van der Waals surface area contributed by atoms with Gasteiger partial charge in [0.05, 0.1) is 55.5 Å². The Morgan fingerprint density at radius 2 is 0.384 bits per heavy atom. The minimum absolute atomic E-state index is 0.620. The molecule has 0 saturated heterocycles. The number of aromatic nitrogens is 9. The van der Waals surface area contributed by atoms with E-state index in [1.54, 1.807) is 0 Å². The summed E-state index contributed by atoms with van der Waals surface area (Å²) in [4.78, 5) is 25.2. The van der Waals surface area contributed by atoms with Crippen molar-refractivity contribution in [2.75, 3.05) is 0 Å². The number of hydrogen-bond acceptors (Lipinski definition) is 5. The summed E-state index contributed by atoms with van der Waals surface area (Å²) in [5.74, 6) is 2.60. The van der Waals surface area contributed by atoms with Crippen LogP contribution in [0, 0.1) is 0 Å². The summed E-state index contributed by atoms with van der Waals surface area (Å²) >= 11 is 0.